The highest BCUT2D eigenvalue weighted by Gasteiger charge is 2.27. The molecular formula is C25H40O. The van der Waals surface area contributed by atoms with E-state index in [0.717, 1.165) is 51.4 Å². The Labute approximate surface area is 162 Å². The molecule has 0 spiro atoms. The zero-order valence-corrected chi connectivity index (χ0v) is 18.0. The average Bonchev–Trinajstić information content (AvgIpc) is 2.97. The Morgan fingerprint density at radius 3 is 2.00 bits per heavy atom. The van der Waals surface area contributed by atoms with Crippen molar-refractivity contribution in [2.45, 2.75) is 92.9 Å². The van der Waals surface area contributed by atoms with Crippen molar-refractivity contribution in [3.63, 3.8) is 0 Å². The highest BCUT2D eigenvalue weighted by molar-refractivity contribution is 5.80. The van der Waals surface area contributed by atoms with Crippen LogP contribution in [0.5, 0.6) is 0 Å². The van der Waals surface area contributed by atoms with Gasteiger partial charge >= 0.3 is 0 Å². The van der Waals surface area contributed by atoms with Crippen molar-refractivity contribution >= 4 is 5.78 Å². The Kier molecular flexibility index (Phi) is 10.5. The first kappa shape index (κ1) is 22.7. The molecule has 26 heavy (non-hydrogen) atoms. The van der Waals surface area contributed by atoms with Crippen LogP contribution in [0.25, 0.3) is 0 Å². The van der Waals surface area contributed by atoms with Crippen LogP contribution in [0.3, 0.4) is 0 Å². The van der Waals surface area contributed by atoms with E-state index in [0.29, 0.717) is 17.6 Å². The lowest BCUT2D eigenvalue weighted by Gasteiger charge is -2.19. The molecule has 1 saturated carbocycles. The number of allylic oxidation sites excluding steroid dienone is 8. The number of rotatable bonds is 10. The maximum atomic E-state index is 11.8. The first-order valence-electron chi connectivity index (χ1n) is 10.4. The van der Waals surface area contributed by atoms with Gasteiger partial charge in [-0.2, -0.15) is 0 Å². The van der Waals surface area contributed by atoms with E-state index < -0.39 is 0 Å². The van der Waals surface area contributed by atoms with E-state index in [1.807, 2.05) is 0 Å². The van der Waals surface area contributed by atoms with E-state index in [-0.39, 0.29) is 0 Å². The molecule has 2 unspecified atom stereocenters. The first-order valence-corrected chi connectivity index (χ1v) is 10.4. The van der Waals surface area contributed by atoms with Crippen LogP contribution in [0.4, 0.5) is 0 Å². The van der Waals surface area contributed by atoms with E-state index in [1.165, 1.54) is 22.3 Å². The summed E-state index contributed by atoms with van der Waals surface area (Å²) in [7, 11) is 0. The number of ketones is 1. The van der Waals surface area contributed by atoms with Crippen LogP contribution in [0, 0.1) is 11.8 Å². The molecule has 2 atom stereocenters. The maximum absolute atomic E-state index is 11.8. The van der Waals surface area contributed by atoms with Crippen LogP contribution < -0.4 is 0 Å². The molecule has 0 aromatic carbocycles. The van der Waals surface area contributed by atoms with Crippen molar-refractivity contribution in [3.8, 4) is 0 Å². The van der Waals surface area contributed by atoms with Crippen LogP contribution in [0.15, 0.2) is 46.6 Å². The summed E-state index contributed by atoms with van der Waals surface area (Å²) in [5.74, 6) is 1.52. The molecule has 1 heteroatoms. The molecule has 0 aromatic rings. The summed E-state index contributed by atoms with van der Waals surface area (Å²) in [5, 5.41) is 0. The molecule has 0 radical (unpaired) electrons. The van der Waals surface area contributed by atoms with Gasteiger partial charge in [0.15, 0.2) is 0 Å². The molecular weight excluding hydrogens is 316 g/mol. The highest BCUT2D eigenvalue weighted by Crippen LogP contribution is 2.34. The van der Waals surface area contributed by atoms with Crippen molar-refractivity contribution < 1.29 is 4.79 Å². The molecule has 1 rings (SSSR count). The fourth-order valence-electron chi connectivity index (χ4n) is 3.67. The molecule has 0 bridgehead atoms. The van der Waals surface area contributed by atoms with Crippen LogP contribution in [0.2, 0.25) is 0 Å². The zero-order chi connectivity index (χ0) is 19.5. The van der Waals surface area contributed by atoms with Gasteiger partial charge in [0.05, 0.1) is 0 Å². The second-order valence-corrected chi connectivity index (χ2v) is 8.64. The van der Waals surface area contributed by atoms with E-state index >= 15 is 0 Å². The van der Waals surface area contributed by atoms with Gasteiger partial charge in [0.1, 0.15) is 5.78 Å². The summed E-state index contributed by atoms with van der Waals surface area (Å²) in [5.41, 5.74) is 5.75. The average molecular weight is 357 g/mol. The van der Waals surface area contributed by atoms with Gasteiger partial charge < -0.3 is 0 Å². The minimum Gasteiger partial charge on any atom is -0.300 e. The normalized spacial score (nSPS) is 19.5. The van der Waals surface area contributed by atoms with Crippen LogP contribution in [0.1, 0.15) is 92.9 Å². The quantitative estimate of drug-likeness (QED) is 0.366. The van der Waals surface area contributed by atoms with Gasteiger partial charge in [-0.3, -0.25) is 4.79 Å². The monoisotopic (exact) mass is 356 g/mol. The van der Waals surface area contributed by atoms with Crippen LogP contribution in [-0.4, -0.2) is 5.78 Å². The van der Waals surface area contributed by atoms with Crippen LogP contribution >= 0.6 is 0 Å². The Morgan fingerprint density at radius 1 is 0.923 bits per heavy atom. The Hall–Kier alpha value is -1.37. The molecule has 0 saturated heterocycles. The van der Waals surface area contributed by atoms with E-state index in [9.17, 15) is 4.79 Å². The smallest absolute Gasteiger partial charge is 0.133 e. The molecule has 0 aliphatic heterocycles. The number of hydrogen-bond donors (Lipinski definition) is 0. The fourth-order valence-corrected chi connectivity index (χ4v) is 3.67. The number of Topliss-reactive ketones (excluding diaryl/α,β-unsaturated/α-hetero) is 1. The highest BCUT2D eigenvalue weighted by atomic mass is 16.1. The lowest BCUT2D eigenvalue weighted by Crippen LogP contribution is -2.10. The van der Waals surface area contributed by atoms with E-state index in [2.05, 4.69) is 65.8 Å². The zero-order valence-electron chi connectivity index (χ0n) is 18.0. The molecule has 1 aliphatic rings. The molecule has 0 aromatic heterocycles. The summed E-state index contributed by atoms with van der Waals surface area (Å²) >= 11 is 0. The molecule has 0 amide bonds. The third kappa shape index (κ3) is 9.94. The summed E-state index contributed by atoms with van der Waals surface area (Å²) in [6, 6.07) is 0. The van der Waals surface area contributed by atoms with Crippen LogP contribution in [-0.2, 0) is 4.79 Å². The summed E-state index contributed by atoms with van der Waals surface area (Å²) in [6.45, 7) is 13.2. The molecule has 0 heterocycles. The topological polar surface area (TPSA) is 17.1 Å². The number of carbonyl (C=O) groups is 1. The standard InChI is InChI=1S/C25H40O/c1-19(2)9-7-11-21(5)13-14-23(24-15-16-25(26)18-24)17-22(6)12-8-10-20(3)4/h9-10,13,17,23-24H,7-8,11-12,14-16,18H2,1-6H3/b21-13+,22-17+. The number of hydrogen-bond acceptors (Lipinski definition) is 1. The Balaban J connectivity index is 2.71. The number of carbonyl (C=O) groups excluding carboxylic acids is 1. The largest absolute Gasteiger partial charge is 0.300 e. The van der Waals surface area contributed by atoms with Crippen molar-refractivity contribution in [1.29, 1.82) is 0 Å². The third-order valence-corrected chi connectivity index (χ3v) is 5.31. The van der Waals surface area contributed by atoms with Crippen molar-refractivity contribution in [2.24, 2.45) is 11.8 Å². The second kappa shape index (κ2) is 12.1. The molecule has 146 valence electrons. The van der Waals surface area contributed by atoms with Gasteiger partial charge in [0.2, 0.25) is 0 Å². The van der Waals surface area contributed by atoms with Gasteiger partial charge in [-0.25, -0.2) is 0 Å². The van der Waals surface area contributed by atoms with Gasteiger partial charge in [-0.1, -0.05) is 46.6 Å². The minimum absolute atomic E-state index is 0.458. The summed E-state index contributed by atoms with van der Waals surface area (Å²) in [4.78, 5) is 11.8. The van der Waals surface area contributed by atoms with Gasteiger partial charge in [-0.15, -0.1) is 0 Å². The molecule has 1 nitrogen and oxygen atoms in total. The Bertz CT molecular complexity index is 563. The summed E-state index contributed by atoms with van der Waals surface area (Å²) < 4.78 is 0. The van der Waals surface area contributed by atoms with Gasteiger partial charge in [-0.05, 0) is 91.9 Å². The predicted octanol–water partition coefficient (Wildman–Crippen LogP) is 7.75. The maximum Gasteiger partial charge on any atom is 0.133 e. The molecule has 0 N–H and O–H groups in total. The minimum atomic E-state index is 0.458. The molecule has 1 aliphatic carbocycles. The SMILES string of the molecule is CC(C)=CCC/C(C)=C/CC(/C=C(\C)CCC=C(C)C)C1CCC(=O)C1. The fraction of sp³-hybridized carbons (Fsp3) is 0.640. The van der Waals surface area contributed by atoms with E-state index in [4.69, 9.17) is 0 Å². The lowest BCUT2D eigenvalue weighted by atomic mass is 9.85. The van der Waals surface area contributed by atoms with Gasteiger partial charge in [0.25, 0.3) is 0 Å². The molecule has 1 fully saturated rings. The van der Waals surface area contributed by atoms with Crippen molar-refractivity contribution in [1.82, 2.24) is 0 Å². The van der Waals surface area contributed by atoms with Crippen molar-refractivity contribution in [3.05, 3.63) is 46.6 Å². The summed E-state index contributed by atoms with van der Waals surface area (Å²) in [6.07, 6.45) is 17.8. The third-order valence-electron chi connectivity index (χ3n) is 5.31. The van der Waals surface area contributed by atoms with Gasteiger partial charge in [0, 0.05) is 12.8 Å². The Morgan fingerprint density at radius 2 is 1.50 bits per heavy atom. The van der Waals surface area contributed by atoms with Crippen molar-refractivity contribution in [2.75, 3.05) is 0 Å². The predicted molar refractivity (Wildman–Crippen MR) is 115 cm³/mol. The first-order chi connectivity index (χ1) is 12.3. The second-order valence-electron chi connectivity index (χ2n) is 8.64. The lowest BCUT2D eigenvalue weighted by molar-refractivity contribution is -0.117. The van der Waals surface area contributed by atoms with E-state index in [1.54, 1.807) is 0 Å².